The Bertz CT molecular complexity index is 1120. The largest absolute Gasteiger partial charge is 0.364 e. The molecule has 9 heteroatoms. The van der Waals surface area contributed by atoms with Crippen LogP contribution in [0.5, 0.6) is 0 Å². The van der Waals surface area contributed by atoms with E-state index in [1.165, 1.54) is 12.1 Å². The van der Waals surface area contributed by atoms with Crippen LogP contribution in [-0.2, 0) is 6.54 Å². The number of benzene rings is 1. The van der Waals surface area contributed by atoms with E-state index in [0.717, 1.165) is 17.0 Å². The molecular weight excluding hydrogens is 346 g/mol. The standard InChI is InChI=1S/C18H15N7O2/c1-12-10-16(20-11-15-6-8-19-17-7-9-21-24(15)17)23-18(22-12)13-2-4-14(5-3-13)25(26)27/h2-10H,11H2,1H3,(H,20,22,23). The second-order valence-corrected chi connectivity index (χ2v) is 5.91. The predicted molar refractivity (Wildman–Crippen MR) is 99.2 cm³/mol. The average Bonchev–Trinajstić information content (AvgIpc) is 3.15. The maximum atomic E-state index is 10.8. The summed E-state index contributed by atoms with van der Waals surface area (Å²) in [6.07, 6.45) is 3.44. The van der Waals surface area contributed by atoms with Gasteiger partial charge in [-0.05, 0) is 25.1 Å². The quantitative estimate of drug-likeness (QED) is 0.429. The predicted octanol–water partition coefficient (Wildman–Crippen LogP) is 3.02. The highest BCUT2D eigenvalue weighted by Crippen LogP contribution is 2.21. The summed E-state index contributed by atoms with van der Waals surface area (Å²) in [5, 5.41) is 18.3. The minimum atomic E-state index is -0.432. The lowest BCUT2D eigenvalue weighted by Crippen LogP contribution is -2.08. The monoisotopic (exact) mass is 361 g/mol. The van der Waals surface area contributed by atoms with Gasteiger partial charge in [0.2, 0.25) is 0 Å². The summed E-state index contributed by atoms with van der Waals surface area (Å²) in [5.74, 6) is 1.17. The van der Waals surface area contributed by atoms with Crippen molar-refractivity contribution in [2.75, 3.05) is 5.32 Å². The molecule has 0 saturated heterocycles. The van der Waals surface area contributed by atoms with Crippen molar-refractivity contribution in [3.05, 3.63) is 76.4 Å². The zero-order valence-electron chi connectivity index (χ0n) is 14.4. The third kappa shape index (κ3) is 3.43. The van der Waals surface area contributed by atoms with Gasteiger partial charge in [-0.2, -0.15) is 5.10 Å². The Labute approximate surface area is 153 Å². The first-order chi connectivity index (χ1) is 13.1. The first-order valence-corrected chi connectivity index (χ1v) is 8.22. The van der Waals surface area contributed by atoms with Gasteiger partial charge in [-0.3, -0.25) is 10.1 Å². The summed E-state index contributed by atoms with van der Waals surface area (Å²) in [6.45, 7) is 2.39. The molecule has 4 aromatic rings. The molecule has 0 aliphatic rings. The third-order valence-corrected chi connectivity index (χ3v) is 4.01. The van der Waals surface area contributed by atoms with E-state index in [1.54, 1.807) is 29.0 Å². The number of nitro groups is 1. The van der Waals surface area contributed by atoms with E-state index >= 15 is 0 Å². The number of rotatable bonds is 5. The van der Waals surface area contributed by atoms with Crippen molar-refractivity contribution in [3.8, 4) is 11.4 Å². The molecule has 3 heterocycles. The first-order valence-electron chi connectivity index (χ1n) is 8.22. The van der Waals surface area contributed by atoms with Crippen LogP contribution >= 0.6 is 0 Å². The molecule has 0 bridgehead atoms. The minimum absolute atomic E-state index is 0.0330. The van der Waals surface area contributed by atoms with Crippen molar-refractivity contribution in [1.82, 2.24) is 24.6 Å². The van der Waals surface area contributed by atoms with Crippen LogP contribution < -0.4 is 5.32 Å². The summed E-state index contributed by atoms with van der Waals surface area (Å²) in [5.41, 5.74) is 3.26. The van der Waals surface area contributed by atoms with Crippen LogP contribution in [0.2, 0.25) is 0 Å². The minimum Gasteiger partial charge on any atom is -0.364 e. The van der Waals surface area contributed by atoms with Gasteiger partial charge in [0.1, 0.15) is 5.82 Å². The summed E-state index contributed by atoms with van der Waals surface area (Å²) < 4.78 is 1.76. The van der Waals surface area contributed by atoms with E-state index in [-0.39, 0.29) is 5.69 Å². The summed E-state index contributed by atoms with van der Waals surface area (Å²) >= 11 is 0. The molecule has 1 aromatic carbocycles. The lowest BCUT2D eigenvalue weighted by molar-refractivity contribution is -0.384. The number of aromatic nitrogens is 5. The lowest BCUT2D eigenvalue weighted by Gasteiger charge is -2.10. The Morgan fingerprint density at radius 1 is 1.11 bits per heavy atom. The van der Waals surface area contributed by atoms with E-state index in [9.17, 15) is 10.1 Å². The summed E-state index contributed by atoms with van der Waals surface area (Å²) in [6, 6.07) is 11.7. The van der Waals surface area contributed by atoms with Crippen LogP contribution in [0.25, 0.3) is 17.0 Å². The van der Waals surface area contributed by atoms with Gasteiger partial charge in [-0.25, -0.2) is 19.5 Å². The molecule has 27 heavy (non-hydrogen) atoms. The van der Waals surface area contributed by atoms with Crippen LogP contribution in [0.1, 0.15) is 11.4 Å². The lowest BCUT2D eigenvalue weighted by atomic mass is 10.2. The Kier molecular flexibility index (Phi) is 4.17. The summed E-state index contributed by atoms with van der Waals surface area (Å²) in [4.78, 5) is 23.6. The van der Waals surface area contributed by atoms with Crippen LogP contribution in [0.4, 0.5) is 11.5 Å². The number of nitro benzene ring substituents is 1. The second kappa shape index (κ2) is 6.79. The Hall–Kier alpha value is -3.88. The first kappa shape index (κ1) is 16.6. The Morgan fingerprint density at radius 3 is 2.70 bits per heavy atom. The SMILES string of the molecule is Cc1cc(NCc2ccnc3ccnn23)nc(-c2ccc([N+](=O)[O-])cc2)n1. The molecule has 134 valence electrons. The van der Waals surface area contributed by atoms with E-state index in [2.05, 4.69) is 25.4 Å². The van der Waals surface area contributed by atoms with Crippen molar-refractivity contribution >= 4 is 17.2 Å². The van der Waals surface area contributed by atoms with Crippen LogP contribution in [0, 0.1) is 17.0 Å². The highest BCUT2D eigenvalue weighted by Gasteiger charge is 2.09. The molecule has 0 spiro atoms. The van der Waals surface area contributed by atoms with Crippen LogP contribution in [-0.4, -0.2) is 29.5 Å². The molecule has 0 unspecified atom stereocenters. The molecule has 0 saturated carbocycles. The number of hydrogen-bond acceptors (Lipinski definition) is 7. The molecule has 0 aliphatic carbocycles. The van der Waals surface area contributed by atoms with Gasteiger partial charge in [-0.15, -0.1) is 0 Å². The van der Waals surface area contributed by atoms with Crippen molar-refractivity contribution in [2.45, 2.75) is 13.5 Å². The fraction of sp³-hybridized carbons (Fsp3) is 0.111. The van der Waals surface area contributed by atoms with Crippen molar-refractivity contribution in [3.63, 3.8) is 0 Å². The fourth-order valence-corrected chi connectivity index (χ4v) is 2.72. The van der Waals surface area contributed by atoms with Crippen molar-refractivity contribution < 1.29 is 4.92 Å². The smallest absolute Gasteiger partial charge is 0.269 e. The molecule has 0 amide bonds. The molecular formula is C18H15N7O2. The maximum absolute atomic E-state index is 10.8. The molecule has 3 aromatic heterocycles. The number of aryl methyl sites for hydroxylation is 1. The number of non-ortho nitro benzene ring substituents is 1. The number of fused-ring (bicyclic) bond motifs is 1. The average molecular weight is 361 g/mol. The topological polar surface area (TPSA) is 111 Å². The molecule has 9 nitrogen and oxygen atoms in total. The molecule has 0 aliphatic heterocycles. The fourth-order valence-electron chi connectivity index (χ4n) is 2.72. The van der Waals surface area contributed by atoms with Gasteiger partial charge < -0.3 is 5.32 Å². The second-order valence-electron chi connectivity index (χ2n) is 5.91. The molecule has 1 N–H and O–H groups in total. The van der Waals surface area contributed by atoms with Gasteiger partial charge in [-0.1, -0.05) is 0 Å². The van der Waals surface area contributed by atoms with Crippen molar-refractivity contribution in [2.24, 2.45) is 0 Å². The van der Waals surface area contributed by atoms with Gasteiger partial charge in [0.15, 0.2) is 11.5 Å². The Morgan fingerprint density at radius 2 is 1.93 bits per heavy atom. The number of anilines is 1. The number of hydrogen-bond donors (Lipinski definition) is 1. The van der Waals surface area contributed by atoms with Gasteiger partial charge in [0.05, 0.1) is 23.4 Å². The molecule has 0 fully saturated rings. The van der Waals surface area contributed by atoms with E-state index in [1.807, 2.05) is 25.1 Å². The molecule has 0 radical (unpaired) electrons. The van der Waals surface area contributed by atoms with E-state index < -0.39 is 4.92 Å². The number of nitrogens with one attached hydrogen (secondary N) is 1. The molecule has 4 rings (SSSR count). The highest BCUT2D eigenvalue weighted by molar-refractivity contribution is 5.59. The van der Waals surface area contributed by atoms with E-state index in [0.29, 0.717) is 23.8 Å². The van der Waals surface area contributed by atoms with E-state index in [4.69, 9.17) is 0 Å². The van der Waals surface area contributed by atoms with Gasteiger partial charge >= 0.3 is 0 Å². The van der Waals surface area contributed by atoms with Gasteiger partial charge in [0.25, 0.3) is 5.69 Å². The number of nitrogens with zero attached hydrogens (tertiary/aromatic N) is 6. The zero-order valence-corrected chi connectivity index (χ0v) is 14.4. The van der Waals surface area contributed by atoms with Crippen LogP contribution in [0.15, 0.2) is 54.9 Å². The molecule has 0 atom stereocenters. The zero-order chi connectivity index (χ0) is 18.8. The van der Waals surface area contributed by atoms with Gasteiger partial charge in [0, 0.05) is 41.7 Å². The van der Waals surface area contributed by atoms with Crippen molar-refractivity contribution in [1.29, 1.82) is 0 Å². The Balaban J connectivity index is 1.59. The highest BCUT2D eigenvalue weighted by atomic mass is 16.6. The normalized spacial score (nSPS) is 10.9. The summed E-state index contributed by atoms with van der Waals surface area (Å²) in [7, 11) is 0. The van der Waals surface area contributed by atoms with Crippen LogP contribution in [0.3, 0.4) is 0 Å². The maximum Gasteiger partial charge on any atom is 0.269 e. The third-order valence-electron chi connectivity index (χ3n) is 4.01.